The van der Waals surface area contributed by atoms with Crippen LogP contribution in [0.25, 0.3) is 0 Å². The van der Waals surface area contributed by atoms with Crippen molar-refractivity contribution in [3.05, 3.63) is 83.4 Å². The summed E-state index contributed by atoms with van der Waals surface area (Å²) in [7, 11) is -4.15. The number of carbonyl (C=O) groups is 2. The smallest absolute Gasteiger partial charge is 0.252 e. The molecule has 0 heterocycles. The first-order valence-corrected chi connectivity index (χ1v) is 11.8. The average molecular weight is 485 g/mol. The summed E-state index contributed by atoms with van der Waals surface area (Å²) >= 11 is 0. The molecule has 5 N–H and O–H groups in total. The zero-order valence-electron chi connectivity index (χ0n) is 18.1. The molecule has 0 aliphatic heterocycles. The lowest BCUT2D eigenvalue weighted by atomic mass is 10.1. The van der Waals surface area contributed by atoms with Gasteiger partial charge in [0.05, 0.1) is 17.0 Å². The number of phenolic OH excluding ortho intramolecular Hbond substituents is 3. The number of phenols is 3. The maximum absolute atomic E-state index is 12.8. The van der Waals surface area contributed by atoms with Crippen LogP contribution in [0.4, 0.5) is 0 Å². The second kappa shape index (κ2) is 10.8. The Labute approximate surface area is 196 Å². The van der Waals surface area contributed by atoms with E-state index in [0.29, 0.717) is 17.5 Å². The van der Waals surface area contributed by atoms with E-state index in [9.17, 15) is 33.3 Å². The van der Waals surface area contributed by atoms with Crippen molar-refractivity contribution in [1.29, 1.82) is 0 Å². The van der Waals surface area contributed by atoms with Crippen LogP contribution in [0.5, 0.6) is 17.2 Å². The Balaban J connectivity index is 1.61. The summed E-state index contributed by atoms with van der Waals surface area (Å²) in [5.41, 5.74) is 1.23. The van der Waals surface area contributed by atoms with Crippen molar-refractivity contribution in [2.24, 2.45) is 0 Å². The van der Waals surface area contributed by atoms with Crippen LogP contribution in [0, 0.1) is 0 Å². The van der Waals surface area contributed by atoms with Crippen LogP contribution in [0.15, 0.2) is 71.6 Å². The van der Waals surface area contributed by atoms with Crippen LogP contribution < -0.4 is 10.0 Å². The third kappa shape index (κ3) is 6.56. The van der Waals surface area contributed by atoms with E-state index in [4.69, 9.17) is 0 Å². The molecule has 0 aromatic heterocycles. The number of nitrogens with one attached hydrogen (secondary N) is 2. The monoisotopic (exact) mass is 484 g/mol. The Morgan fingerprint density at radius 2 is 1.50 bits per heavy atom. The lowest BCUT2D eigenvalue weighted by Gasteiger charge is -2.12. The maximum atomic E-state index is 12.8. The van der Waals surface area contributed by atoms with E-state index >= 15 is 0 Å². The van der Waals surface area contributed by atoms with Gasteiger partial charge in [0.15, 0.2) is 17.3 Å². The van der Waals surface area contributed by atoms with E-state index in [-0.39, 0.29) is 46.5 Å². The van der Waals surface area contributed by atoms with Gasteiger partial charge in [-0.2, -0.15) is 0 Å². The molecule has 3 aromatic carbocycles. The minimum Gasteiger partial charge on any atom is -0.508 e. The molecule has 0 unspecified atom stereocenters. The van der Waals surface area contributed by atoms with Gasteiger partial charge in [-0.1, -0.05) is 30.3 Å². The number of amides is 1. The van der Waals surface area contributed by atoms with Gasteiger partial charge >= 0.3 is 0 Å². The first-order chi connectivity index (χ1) is 16.2. The van der Waals surface area contributed by atoms with Crippen molar-refractivity contribution in [3.63, 3.8) is 0 Å². The summed E-state index contributed by atoms with van der Waals surface area (Å²) in [5, 5.41) is 30.8. The van der Waals surface area contributed by atoms with Gasteiger partial charge in [-0.05, 0) is 53.9 Å². The maximum Gasteiger partial charge on any atom is 0.252 e. The van der Waals surface area contributed by atoms with E-state index in [1.165, 1.54) is 48.5 Å². The predicted octanol–water partition coefficient (Wildman–Crippen LogP) is 1.87. The minimum atomic E-state index is -4.15. The highest BCUT2D eigenvalue weighted by molar-refractivity contribution is 7.89. The lowest BCUT2D eigenvalue weighted by Crippen LogP contribution is -2.33. The molecule has 0 aliphatic rings. The fourth-order valence-corrected chi connectivity index (χ4v) is 4.40. The van der Waals surface area contributed by atoms with Crippen molar-refractivity contribution in [2.45, 2.75) is 17.7 Å². The summed E-state index contributed by atoms with van der Waals surface area (Å²) in [6, 6.07) is 16.0. The Hall–Kier alpha value is -3.89. The minimum absolute atomic E-state index is 0.0161. The zero-order chi connectivity index (χ0) is 24.7. The normalized spacial score (nSPS) is 11.2. The standard InChI is InChI=1S/C24H24N2O7S/c27-18-8-5-16(6-9-18)13-19(28)15-26-34(32,33)23-4-2-1-3-20(23)24(31)25-12-11-17-7-10-21(29)22(30)14-17/h1-10,14,26-27,29-30H,11-13,15H2,(H,25,31). The summed E-state index contributed by atoms with van der Waals surface area (Å²) in [5.74, 6) is -1.45. The van der Waals surface area contributed by atoms with Crippen molar-refractivity contribution in [3.8, 4) is 17.2 Å². The first kappa shape index (κ1) is 24.7. The Morgan fingerprint density at radius 3 is 2.21 bits per heavy atom. The summed E-state index contributed by atoms with van der Waals surface area (Å²) in [6.07, 6.45) is 0.330. The van der Waals surface area contributed by atoms with E-state index in [1.54, 1.807) is 18.2 Å². The molecule has 34 heavy (non-hydrogen) atoms. The molecule has 0 saturated carbocycles. The highest BCUT2D eigenvalue weighted by atomic mass is 32.2. The Kier molecular flexibility index (Phi) is 7.87. The number of carbonyl (C=O) groups excluding carboxylic acids is 2. The van der Waals surface area contributed by atoms with Gasteiger partial charge in [0.2, 0.25) is 10.0 Å². The van der Waals surface area contributed by atoms with Crippen LogP contribution in [0.2, 0.25) is 0 Å². The molecule has 0 spiro atoms. The van der Waals surface area contributed by atoms with Gasteiger partial charge in [0.25, 0.3) is 5.91 Å². The highest BCUT2D eigenvalue weighted by Gasteiger charge is 2.22. The van der Waals surface area contributed by atoms with Crippen molar-refractivity contribution < 1.29 is 33.3 Å². The topological polar surface area (TPSA) is 153 Å². The summed E-state index contributed by atoms with van der Waals surface area (Å²) < 4.78 is 27.8. The summed E-state index contributed by atoms with van der Waals surface area (Å²) in [6.45, 7) is -0.292. The molecule has 0 fully saturated rings. The van der Waals surface area contributed by atoms with Gasteiger partial charge in [-0.25, -0.2) is 13.1 Å². The molecular weight excluding hydrogens is 460 g/mol. The quantitative estimate of drug-likeness (QED) is 0.275. The fourth-order valence-electron chi connectivity index (χ4n) is 3.19. The average Bonchev–Trinajstić information content (AvgIpc) is 2.81. The van der Waals surface area contributed by atoms with Crippen molar-refractivity contribution >= 4 is 21.7 Å². The van der Waals surface area contributed by atoms with Crippen molar-refractivity contribution in [1.82, 2.24) is 10.0 Å². The molecule has 3 rings (SSSR count). The molecule has 3 aromatic rings. The zero-order valence-corrected chi connectivity index (χ0v) is 18.9. The second-order valence-electron chi connectivity index (χ2n) is 7.53. The van der Waals surface area contributed by atoms with Crippen molar-refractivity contribution in [2.75, 3.05) is 13.1 Å². The van der Waals surface area contributed by atoms with Crippen LogP contribution in [0.3, 0.4) is 0 Å². The number of aromatic hydroxyl groups is 3. The van der Waals surface area contributed by atoms with Gasteiger partial charge in [0.1, 0.15) is 5.75 Å². The Morgan fingerprint density at radius 1 is 0.824 bits per heavy atom. The van der Waals surface area contributed by atoms with Gasteiger partial charge < -0.3 is 20.6 Å². The molecule has 0 saturated heterocycles. The highest BCUT2D eigenvalue weighted by Crippen LogP contribution is 2.25. The fraction of sp³-hybridized carbons (Fsp3) is 0.167. The van der Waals surface area contributed by atoms with E-state index in [2.05, 4.69) is 10.0 Å². The number of benzene rings is 3. The number of hydrogen-bond donors (Lipinski definition) is 5. The molecule has 0 bridgehead atoms. The van der Waals surface area contributed by atoms with Crippen LogP contribution >= 0.6 is 0 Å². The van der Waals surface area contributed by atoms with Gasteiger partial charge in [-0.3, -0.25) is 9.59 Å². The van der Waals surface area contributed by atoms with E-state index < -0.39 is 22.5 Å². The van der Waals surface area contributed by atoms with Gasteiger partial charge in [0, 0.05) is 13.0 Å². The predicted molar refractivity (Wildman–Crippen MR) is 124 cm³/mol. The molecular formula is C24H24N2O7S. The number of Topliss-reactive ketones (excluding diaryl/α,β-unsaturated/α-hetero) is 1. The number of rotatable bonds is 10. The van der Waals surface area contributed by atoms with Crippen LogP contribution in [-0.2, 0) is 27.7 Å². The number of hydrogen-bond acceptors (Lipinski definition) is 7. The molecule has 10 heteroatoms. The van der Waals surface area contributed by atoms with Crippen LogP contribution in [0.1, 0.15) is 21.5 Å². The number of ketones is 1. The Bertz CT molecular complexity index is 1290. The SMILES string of the molecule is O=C(CNS(=O)(=O)c1ccccc1C(=O)NCCc1ccc(O)c(O)c1)Cc1ccc(O)cc1. The second-order valence-corrected chi connectivity index (χ2v) is 9.27. The largest absolute Gasteiger partial charge is 0.508 e. The number of sulfonamides is 1. The van der Waals surface area contributed by atoms with E-state index in [1.807, 2.05) is 0 Å². The third-order valence-electron chi connectivity index (χ3n) is 4.96. The molecule has 178 valence electrons. The lowest BCUT2D eigenvalue weighted by molar-refractivity contribution is -0.117. The molecule has 0 atom stereocenters. The third-order valence-corrected chi connectivity index (χ3v) is 6.42. The molecule has 9 nitrogen and oxygen atoms in total. The van der Waals surface area contributed by atoms with Crippen LogP contribution in [-0.4, -0.2) is 48.5 Å². The van der Waals surface area contributed by atoms with Gasteiger partial charge in [-0.15, -0.1) is 0 Å². The summed E-state index contributed by atoms with van der Waals surface area (Å²) in [4.78, 5) is 24.6. The first-order valence-electron chi connectivity index (χ1n) is 10.3. The molecule has 1 amide bonds. The van der Waals surface area contributed by atoms with E-state index in [0.717, 1.165) is 0 Å². The molecule has 0 radical (unpaired) electrons. The molecule has 0 aliphatic carbocycles.